The van der Waals surface area contributed by atoms with Gasteiger partial charge in [0, 0.05) is 16.5 Å². The molecule has 100 valence electrons. The molecule has 0 amide bonds. The van der Waals surface area contributed by atoms with E-state index in [4.69, 9.17) is 0 Å². The smallest absolute Gasteiger partial charge is 0.143 e. The lowest BCUT2D eigenvalue weighted by molar-refractivity contribution is 0.172. The molecule has 5 heteroatoms. The normalized spacial score (nSPS) is 12.5. The number of halogens is 4. The Labute approximate surface area is 126 Å². The molecule has 0 aliphatic rings. The summed E-state index contributed by atoms with van der Waals surface area (Å²) in [6, 6.07) is 9.12. The predicted octanol–water partition coefficient (Wildman–Crippen LogP) is 4.77. The van der Waals surface area contributed by atoms with Crippen LogP contribution in [0, 0.1) is 11.6 Å². The zero-order valence-corrected chi connectivity index (χ0v) is 12.9. The van der Waals surface area contributed by atoms with Crippen LogP contribution in [-0.2, 0) is 6.42 Å². The Balaban J connectivity index is 2.28. The Bertz CT molecular complexity index is 602. The second-order valence-corrected chi connectivity index (χ2v) is 5.87. The zero-order valence-electron chi connectivity index (χ0n) is 9.71. The topological polar surface area (TPSA) is 20.2 Å². The van der Waals surface area contributed by atoms with Gasteiger partial charge in [0.1, 0.15) is 11.6 Å². The van der Waals surface area contributed by atoms with E-state index < -0.39 is 17.7 Å². The molecular weight excluding hydrogens is 382 g/mol. The van der Waals surface area contributed by atoms with Gasteiger partial charge in [-0.3, -0.25) is 0 Å². The number of hydrogen-bond acceptors (Lipinski definition) is 1. The van der Waals surface area contributed by atoms with Crippen molar-refractivity contribution in [3.63, 3.8) is 0 Å². The van der Waals surface area contributed by atoms with Gasteiger partial charge in [-0.1, -0.05) is 28.1 Å². The van der Waals surface area contributed by atoms with Gasteiger partial charge in [-0.05, 0) is 45.8 Å². The summed E-state index contributed by atoms with van der Waals surface area (Å²) in [6.45, 7) is 0. The lowest BCUT2D eigenvalue weighted by atomic mass is 10.0. The van der Waals surface area contributed by atoms with Crippen molar-refractivity contribution >= 4 is 31.9 Å². The second kappa shape index (κ2) is 6.11. The first kappa shape index (κ1) is 14.6. The average molecular weight is 392 g/mol. The molecule has 1 nitrogen and oxygen atoms in total. The first-order valence-electron chi connectivity index (χ1n) is 5.55. The summed E-state index contributed by atoms with van der Waals surface area (Å²) in [6.07, 6.45) is -1.08. The molecule has 0 aliphatic heterocycles. The Morgan fingerprint density at radius 2 is 1.84 bits per heavy atom. The van der Waals surface area contributed by atoms with Gasteiger partial charge in [-0.15, -0.1) is 0 Å². The maximum absolute atomic E-state index is 13.8. The summed E-state index contributed by atoms with van der Waals surface area (Å²) in [5.74, 6) is -0.942. The lowest BCUT2D eigenvalue weighted by Crippen LogP contribution is -2.06. The van der Waals surface area contributed by atoms with Gasteiger partial charge in [-0.2, -0.15) is 0 Å². The highest BCUT2D eigenvalue weighted by molar-refractivity contribution is 9.10. The van der Waals surface area contributed by atoms with Crippen LogP contribution >= 0.6 is 31.9 Å². The predicted molar refractivity (Wildman–Crippen MR) is 76.9 cm³/mol. The van der Waals surface area contributed by atoms with Crippen molar-refractivity contribution in [3.05, 3.63) is 68.1 Å². The molecule has 0 aromatic heterocycles. The van der Waals surface area contributed by atoms with Crippen molar-refractivity contribution in [1.29, 1.82) is 0 Å². The molecular formula is C14H10Br2F2O. The molecule has 0 fully saturated rings. The monoisotopic (exact) mass is 390 g/mol. The molecule has 0 radical (unpaired) electrons. The maximum Gasteiger partial charge on any atom is 0.143 e. The van der Waals surface area contributed by atoms with Crippen LogP contribution < -0.4 is 0 Å². The largest absolute Gasteiger partial charge is 0.388 e. The summed E-state index contributed by atoms with van der Waals surface area (Å²) in [5.41, 5.74) is 0.481. The third-order valence-corrected chi connectivity index (χ3v) is 3.87. The summed E-state index contributed by atoms with van der Waals surface area (Å²) < 4.78 is 28.4. The van der Waals surface area contributed by atoms with E-state index >= 15 is 0 Å². The highest BCUT2D eigenvalue weighted by Gasteiger charge is 2.17. The summed E-state index contributed by atoms with van der Waals surface area (Å²) in [4.78, 5) is 0. The van der Waals surface area contributed by atoms with Crippen LogP contribution in [0.4, 0.5) is 8.78 Å². The lowest BCUT2D eigenvalue weighted by Gasteiger charge is -2.13. The minimum absolute atomic E-state index is 0.0125. The van der Waals surface area contributed by atoms with E-state index in [1.807, 2.05) is 0 Å². The van der Waals surface area contributed by atoms with Gasteiger partial charge >= 0.3 is 0 Å². The number of benzene rings is 2. The Morgan fingerprint density at radius 1 is 1.11 bits per heavy atom. The van der Waals surface area contributed by atoms with E-state index in [0.717, 1.165) is 0 Å². The molecule has 0 heterocycles. The standard InChI is InChI=1S/C14H10Br2F2O/c15-9-4-5-12(17)8(6-9)7-13(19)10-2-1-3-11(16)14(10)18/h1-6,13,19H,7H2. The molecule has 0 aliphatic carbocycles. The van der Waals surface area contributed by atoms with Crippen molar-refractivity contribution in [2.75, 3.05) is 0 Å². The van der Waals surface area contributed by atoms with Gasteiger partial charge < -0.3 is 5.11 Å². The molecule has 2 rings (SSSR count). The average Bonchev–Trinajstić information content (AvgIpc) is 2.37. The van der Waals surface area contributed by atoms with Gasteiger partial charge in [0.15, 0.2) is 0 Å². The molecule has 1 unspecified atom stereocenters. The second-order valence-electron chi connectivity index (χ2n) is 4.10. The van der Waals surface area contributed by atoms with E-state index in [9.17, 15) is 13.9 Å². The van der Waals surface area contributed by atoms with Crippen LogP contribution in [0.5, 0.6) is 0 Å². The number of aliphatic hydroxyl groups excluding tert-OH is 1. The SMILES string of the molecule is OC(Cc1cc(Br)ccc1F)c1cccc(Br)c1F. The number of hydrogen-bond donors (Lipinski definition) is 1. The third-order valence-electron chi connectivity index (χ3n) is 2.76. The number of rotatable bonds is 3. The highest BCUT2D eigenvalue weighted by Crippen LogP contribution is 2.27. The van der Waals surface area contributed by atoms with Crippen molar-refractivity contribution in [2.45, 2.75) is 12.5 Å². The van der Waals surface area contributed by atoms with Crippen LogP contribution in [0.3, 0.4) is 0 Å². The molecule has 19 heavy (non-hydrogen) atoms. The van der Waals surface area contributed by atoms with E-state index in [1.165, 1.54) is 12.1 Å². The fraction of sp³-hybridized carbons (Fsp3) is 0.143. The molecule has 0 saturated heterocycles. The number of aliphatic hydroxyl groups is 1. The van der Waals surface area contributed by atoms with Crippen LogP contribution in [0.15, 0.2) is 45.3 Å². The molecule has 1 atom stereocenters. The summed E-state index contributed by atoms with van der Waals surface area (Å²) in [7, 11) is 0. The first-order valence-corrected chi connectivity index (χ1v) is 7.13. The van der Waals surface area contributed by atoms with Gasteiger partial charge in [0.05, 0.1) is 10.6 Å². The Kier molecular flexibility index (Phi) is 4.71. The van der Waals surface area contributed by atoms with E-state index in [0.29, 0.717) is 10.0 Å². The van der Waals surface area contributed by atoms with Crippen LogP contribution in [0.1, 0.15) is 17.2 Å². The third kappa shape index (κ3) is 3.41. The zero-order chi connectivity index (χ0) is 14.0. The molecule has 2 aromatic carbocycles. The first-order chi connectivity index (χ1) is 8.99. The highest BCUT2D eigenvalue weighted by atomic mass is 79.9. The Morgan fingerprint density at radius 3 is 2.58 bits per heavy atom. The van der Waals surface area contributed by atoms with Gasteiger partial charge in [-0.25, -0.2) is 8.78 Å². The van der Waals surface area contributed by atoms with Crippen LogP contribution in [-0.4, -0.2) is 5.11 Å². The fourth-order valence-corrected chi connectivity index (χ4v) is 2.59. The summed E-state index contributed by atoms with van der Waals surface area (Å²) >= 11 is 6.30. The molecule has 2 aromatic rings. The molecule has 0 saturated carbocycles. The maximum atomic E-state index is 13.8. The quantitative estimate of drug-likeness (QED) is 0.799. The van der Waals surface area contributed by atoms with Crippen molar-refractivity contribution < 1.29 is 13.9 Å². The van der Waals surface area contributed by atoms with Crippen LogP contribution in [0.25, 0.3) is 0 Å². The molecule has 1 N–H and O–H groups in total. The van der Waals surface area contributed by atoms with E-state index in [-0.39, 0.29) is 16.5 Å². The Hall–Kier alpha value is -0.780. The fourth-order valence-electron chi connectivity index (χ4n) is 1.80. The van der Waals surface area contributed by atoms with Crippen molar-refractivity contribution in [2.24, 2.45) is 0 Å². The minimum Gasteiger partial charge on any atom is -0.388 e. The van der Waals surface area contributed by atoms with E-state index in [2.05, 4.69) is 31.9 Å². The minimum atomic E-state index is -1.10. The molecule has 0 bridgehead atoms. The van der Waals surface area contributed by atoms with E-state index in [1.54, 1.807) is 24.3 Å². The van der Waals surface area contributed by atoms with Gasteiger partial charge in [0.25, 0.3) is 0 Å². The van der Waals surface area contributed by atoms with Gasteiger partial charge in [0.2, 0.25) is 0 Å². The van der Waals surface area contributed by atoms with Crippen LogP contribution in [0.2, 0.25) is 0 Å². The van der Waals surface area contributed by atoms with Crippen molar-refractivity contribution in [1.82, 2.24) is 0 Å². The molecule has 0 spiro atoms. The van der Waals surface area contributed by atoms with Crippen molar-refractivity contribution in [3.8, 4) is 0 Å². The summed E-state index contributed by atoms with van der Waals surface area (Å²) in [5, 5.41) is 10.1.